The Labute approximate surface area is 110 Å². The number of methoxy groups -OCH3 is 1. The lowest BCUT2D eigenvalue weighted by Crippen LogP contribution is -2.27. The van der Waals surface area contributed by atoms with E-state index in [2.05, 4.69) is 20.5 Å². The van der Waals surface area contributed by atoms with Crippen molar-refractivity contribution in [3.8, 4) is 5.75 Å². The van der Waals surface area contributed by atoms with Crippen LogP contribution in [0.2, 0.25) is 0 Å². The molecule has 1 amide bonds. The van der Waals surface area contributed by atoms with Crippen molar-refractivity contribution in [2.24, 2.45) is 0 Å². The van der Waals surface area contributed by atoms with Gasteiger partial charge in [-0.1, -0.05) is 0 Å². The van der Waals surface area contributed by atoms with Crippen molar-refractivity contribution in [2.75, 3.05) is 12.8 Å². The summed E-state index contributed by atoms with van der Waals surface area (Å²) in [5.74, 6) is 0.755. The van der Waals surface area contributed by atoms with E-state index in [0.29, 0.717) is 22.8 Å². The Kier molecular flexibility index (Phi) is 3.65. The molecule has 2 aromatic rings. The second-order valence-electron chi connectivity index (χ2n) is 4.03. The highest BCUT2D eigenvalue weighted by molar-refractivity contribution is 5.97. The van der Waals surface area contributed by atoms with Gasteiger partial charge in [-0.25, -0.2) is 4.98 Å². The number of anilines is 1. The van der Waals surface area contributed by atoms with E-state index in [1.165, 1.54) is 13.4 Å². The first kappa shape index (κ1) is 12.9. The van der Waals surface area contributed by atoms with Gasteiger partial charge in [0.25, 0.3) is 5.91 Å². The van der Waals surface area contributed by atoms with Crippen molar-refractivity contribution >= 4 is 11.6 Å². The molecule has 1 unspecified atom stereocenters. The highest BCUT2D eigenvalue weighted by Crippen LogP contribution is 2.22. The van der Waals surface area contributed by atoms with Crippen LogP contribution in [0.15, 0.2) is 24.5 Å². The lowest BCUT2D eigenvalue weighted by Gasteiger charge is -2.13. The molecule has 0 aliphatic rings. The van der Waals surface area contributed by atoms with Crippen molar-refractivity contribution in [3.05, 3.63) is 35.9 Å². The number of carbonyl (C=O) groups excluding carboxylic acids is 1. The fourth-order valence-corrected chi connectivity index (χ4v) is 1.66. The first-order chi connectivity index (χ1) is 9.11. The molecule has 0 saturated heterocycles. The number of nitrogens with two attached hydrogens (primary N) is 1. The van der Waals surface area contributed by atoms with Crippen LogP contribution in [0.1, 0.15) is 29.1 Å². The quantitative estimate of drug-likeness (QED) is 0.708. The Morgan fingerprint density at radius 1 is 1.53 bits per heavy atom. The number of nitrogens with one attached hydrogen (secondary N) is 2. The maximum absolute atomic E-state index is 12.1. The normalized spacial score (nSPS) is 11.9. The number of nitrogen functional groups attached to an aromatic ring is 1. The summed E-state index contributed by atoms with van der Waals surface area (Å²) in [6.07, 6.45) is 1.39. The molecule has 0 aliphatic carbocycles. The van der Waals surface area contributed by atoms with E-state index >= 15 is 0 Å². The largest absolute Gasteiger partial charge is 0.496 e. The third-order valence-electron chi connectivity index (χ3n) is 2.66. The van der Waals surface area contributed by atoms with Crippen LogP contribution < -0.4 is 15.8 Å². The highest BCUT2D eigenvalue weighted by atomic mass is 16.5. The molecular formula is C12H15N5O2. The monoisotopic (exact) mass is 261 g/mol. The zero-order valence-electron chi connectivity index (χ0n) is 10.7. The van der Waals surface area contributed by atoms with Gasteiger partial charge in [0.05, 0.1) is 18.7 Å². The van der Waals surface area contributed by atoms with Crippen LogP contribution in [0.5, 0.6) is 5.75 Å². The second-order valence-corrected chi connectivity index (χ2v) is 4.03. The number of rotatable bonds is 4. The van der Waals surface area contributed by atoms with Crippen LogP contribution >= 0.6 is 0 Å². The molecule has 0 radical (unpaired) electrons. The molecular weight excluding hydrogens is 246 g/mol. The number of aromatic amines is 1. The maximum atomic E-state index is 12.1. The van der Waals surface area contributed by atoms with E-state index in [1.54, 1.807) is 18.2 Å². The summed E-state index contributed by atoms with van der Waals surface area (Å²) in [5.41, 5.74) is 6.60. The Hall–Kier alpha value is -2.57. The molecule has 1 atom stereocenters. The predicted octanol–water partition coefficient (Wildman–Crippen LogP) is 0.887. The van der Waals surface area contributed by atoms with Crippen LogP contribution in [0.4, 0.5) is 5.69 Å². The van der Waals surface area contributed by atoms with Gasteiger partial charge in [-0.3, -0.25) is 9.89 Å². The number of aromatic nitrogens is 3. The molecule has 1 aromatic heterocycles. The lowest BCUT2D eigenvalue weighted by molar-refractivity contribution is 0.0935. The van der Waals surface area contributed by atoms with Gasteiger partial charge in [-0.2, -0.15) is 5.10 Å². The fourth-order valence-electron chi connectivity index (χ4n) is 1.66. The van der Waals surface area contributed by atoms with Crippen molar-refractivity contribution < 1.29 is 9.53 Å². The van der Waals surface area contributed by atoms with Crippen molar-refractivity contribution in [3.63, 3.8) is 0 Å². The first-order valence-electron chi connectivity index (χ1n) is 5.71. The van der Waals surface area contributed by atoms with Crippen molar-refractivity contribution in [1.82, 2.24) is 20.5 Å². The number of amides is 1. The molecule has 4 N–H and O–H groups in total. The molecule has 0 bridgehead atoms. The predicted molar refractivity (Wildman–Crippen MR) is 69.7 cm³/mol. The summed E-state index contributed by atoms with van der Waals surface area (Å²) < 4.78 is 5.14. The molecule has 7 heteroatoms. The zero-order chi connectivity index (χ0) is 13.8. The maximum Gasteiger partial charge on any atom is 0.255 e. The minimum absolute atomic E-state index is 0.263. The van der Waals surface area contributed by atoms with E-state index in [1.807, 2.05) is 6.92 Å². The third-order valence-corrected chi connectivity index (χ3v) is 2.66. The van der Waals surface area contributed by atoms with Gasteiger partial charge >= 0.3 is 0 Å². The van der Waals surface area contributed by atoms with E-state index in [9.17, 15) is 4.79 Å². The average Bonchev–Trinajstić information content (AvgIpc) is 2.92. The summed E-state index contributed by atoms with van der Waals surface area (Å²) >= 11 is 0. The minimum Gasteiger partial charge on any atom is -0.496 e. The molecule has 1 heterocycles. The van der Waals surface area contributed by atoms with Gasteiger partial charge in [-0.05, 0) is 19.1 Å². The Morgan fingerprint density at radius 2 is 2.32 bits per heavy atom. The van der Waals surface area contributed by atoms with Crippen LogP contribution in [-0.2, 0) is 0 Å². The van der Waals surface area contributed by atoms with Gasteiger partial charge in [-0.15, -0.1) is 0 Å². The standard InChI is InChI=1S/C12H15N5O2/c1-7(11-14-6-15-17-11)16-12(18)9-4-3-8(13)5-10(9)19-2/h3-7H,13H2,1-2H3,(H,16,18)(H,14,15,17). The second kappa shape index (κ2) is 5.38. The van der Waals surface area contributed by atoms with Crippen molar-refractivity contribution in [2.45, 2.75) is 13.0 Å². The Morgan fingerprint density at radius 3 is 2.95 bits per heavy atom. The number of carbonyl (C=O) groups is 1. The molecule has 0 aliphatic heterocycles. The van der Waals surface area contributed by atoms with Crippen LogP contribution in [0.25, 0.3) is 0 Å². The SMILES string of the molecule is COc1cc(N)ccc1C(=O)NC(C)c1ncn[nH]1. The number of hydrogen-bond acceptors (Lipinski definition) is 5. The summed E-state index contributed by atoms with van der Waals surface area (Å²) in [6, 6.07) is 4.60. The van der Waals surface area contributed by atoms with E-state index in [4.69, 9.17) is 10.5 Å². The van der Waals surface area contributed by atoms with Crippen LogP contribution in [0, 0.1) is 0 Å². The molecule has 2 rings (SSSR count). The topological polar surface area (TPSA) is 106 Å². The summed E-state index contributed by atoms with van der Waals surface area (Å²) in [6.45, 7) is 1.81. The Balaban J connectivity index is 2.16. The van der Waals surface area contributed by atoms with E-state index in [-0.39, 0.29) is 11.9 Å². The fraction of sp³-hybridized carbons (Fsp3) is 0.250. The molecule has 0 fully saturated rings. The van der Waals surface area contributed by atoms with Gasteiger partial charge in [0, 0.05) is 11.8 Å². The third kappa shape index (κ3) is 2.82. The average molecular weight is 261 g/mol. The van der Waals surface area contributed by atoms with E-state index in [0.717, 1.165) is 0 Å². The van der Waals surface area contributed by atoms with Gasteiger partial charge < -0.3 is 15.8 Å². The zero-order valence-corrected chi connectivity index (χ0v) is 10.7. The summed E-state index contributed by atoms with van der Waals surface area (Å²) in [4.78, 5) is 16.1. The van der Waals surface area contributed by atoms with Crippen molar-refractivity contribution in [1.29, 1.82) is 0 Å². The molecule has 100 valence electrons. The smallest absolute Gasteiger partial charge is 0.255 e. The molecule has 7 nitrogen and oxygen atoms in total. The minimum atomic E-state index is -0.280. The number of hydrogen-bond donors (Lipinski definition) is 3. The highest BCUT2D eigenvalue weighted by Gasteiger charge is 2.16. The number of H-pyrrole nitrogens is 1. The lowest BCUT2D eigenvalue weighted by atomic mass is 10.1. The van der Waals surface area contributed by atoms with Crippen LogP contribution in [0.3, 0.4) is 0 Å². The molecule has 1 aromatic carbocycles. The molecule has 0 spiro atoms. The summed E-state index contributed by atoms with van der Waals surface area (Å²) in [7, 11) is 1.49. The molecule has 0 saturated carbocycles. The van der Waals surface area contributed by atoms with Gasteiger partial charge in [0.15, 0.2) is 0 Å². The summed E-state index contributed by atoms with van der Waals surface area (Å²) in [5, 5.41) is 9.24. The van der Waals surface area contributed by atoms with E-state index < -0.39 is 0 Å². The van der Waals surface area contributed by atoms with Gasteiger partial charge in [0.1, 0.15) is 17.9 Å². The first-order valence-corrected chi connectivity index (χ1v) is 5.71. The van der Waals surface area contributed by atoms with Crippen LogP contribution in [-0.4, -0.2) is 28.2 Å². The Bertz CT molecular complexity index is 568. The molecule has 19 heavy (non-hydrogen) atoms. The van der Waals surface area contributed by atoms with Gasteiger partial charge in [0.2, 0.25) is 0 Å². The number of nitrogens with zero attached hydrogens (tertiary/aromatic N) is 2. The number of ether oxygens (including phenoxy) is 1. The number of benzene rings is 1.